The highest BCUT2D eigenvalue weighted by atomic mass is 35.5. The first kappa shape index (κ1) is 23.9. The van der Waals surface area contributed by atoms with E-state index in [-0.39, 0.29) is 35.0 Å². The second kappa shape index (κ2) is 10.4. The van der Waals surface area contributed by atoms with Crippen molar-refractivity contribution in [1.29, 1.82) is 0 Å². The maximum atomic E-state index is 12.5. The van der Waals surface area contributed by atoms with Crippen molar-refractivity contribution >= 4 is 48.8 Å². The van der Waals surface area contributed by atoms with E-state index >= 15 is 0 Å². The highest BCUT2D eigenvalue weighted by molar-refractivity contribution is 7.82. The van der Waals surface area contributed by atoms with Crippen LogP contribution in [0.3, 0.4) is 0 Å². The van der Waals surface area contributed by atoms with E-state index in [1.54, 1.807) is 0 Å². The maximum Gasteiger partial charge on any atom is 0.338 e. The first-order valence-electron chi connectivity index (χ1n) is 7.86. The summed E-state index contributed by atoms with van der Waals surface area (Å²) in [6.07, 6.45) is 0. The van der Waals surface area contributed by atoms with Gasteiger partial charge in [0, 0.05) is 11.1 Å². The van der Waals surface area contributed by atoms with Crippen LogP contribution in [0.15, 0.2) is 36.4 Å². The summed E-state index contributed by atoms with van der Waals surface area (Å²) in [6, 6.07) is 7.84. The van der Waals surface area contributed by atoms with Crippen molar-refractivity contribution in [2.24, 2.45) is 5.73 Å². The first-order chi connectivity index (χ1) is 13.3. The number of hydrogen-bond acceptors (Lipinski definition) is 7. The number of rotatable bonds is 6. The van der Waals surface area contributed by atoms with Crippen LogP contribution in [-0.2, 0) is 0 Å². The van der Waals surface area contributed by atoms with Crippen molar-refractivity contribution < 1.29 is 28.6 Å². The molecule has 0 aliphatic heterocycles. The number of hydrogen-bond donors (Lipinski definition) is 3. The minimum absolute atomic E-state index is 0. The van der Waals surface area contributed by atoms with Gasteiger partial charge >= 0.3 is 6.03 Å². The van der Waals surface area contributed by atoms with E-state index in [0.717, 1.165) is 4.31 Å². The molecule has 0 atom stereocenters. The monoisotopic (exact) mass is 441 g/mol. The van der Waals surface area contributed by atoms with Gasteiger partial charge in [-0.1, -0.05) is 12.8 Å². The van der Waals surface area contributed by atoms with Crippen LogP contribution >= 0.6 is 25.2 Å². The fraction of sp³-hybridized carbons (Fsp3) is 0.167. The normalized spacial score (nSPS) is 9.66. The number of nitrogens with one attached hydrogen (secondary N) is 1. The predicted octanol–water partition coefficient (Wildman–Crippen LogP) is 2.43. The second-order valence-corrected chi connectivity index (χ2v) is 5.80. The molecule has 0 radical (unpaired) electrons. The summed E-state index contributed by atoms with van der Waals surface area (Å²) in [7, 11) is 4.26. The van der Waals surface area contributed by atoms with Crippen LogP contribution in [0.5, 0.6) is 17.2 Å². The lowest BCUT2D eigenvalue weighted by atomic mass is 10.1. The van der Waals surface area contributed by atoms with Gasteiger partial charge in [0.1, 0.15) is 0 Å². The SMILES string of the molecule is COc1cc(C(=O)NC(=O)N(S)c2ccc(C(N)=O)cc2)cc(OC)c1OC.Cl. The molecule has 11 heteroatoms. The molecule has 2 rings (SSSR count). The molecule has 0 saturated heterocycles. The summed E-state index contributed by atoms with van der Waals surface area (Å²) in [6.45, 7) is 0. The zero-order valence-corrected chi connectivity index (χ0v) is 17.5. The molecule has 0 heterocycles. The summed E-state index contributed by atoms with van der Waals surface area (Å²) in [5, 5.41) is 2.20. The Morgan fingerprint density at radius 1 is 0.931 bits per heavy atom. The third kappa shape index (κ3) is 5.46. The van der Waals surface area contributed by atoms with Gasteiger partial charge in [0.2, 0.25) is 11.7 Å². The molecular formula is C18H20ClN3O6S. The van der Waals surface area contributed by atoms with Crippen LogP contribution in [0.2, 0.25) is 0 Å². The van der Waals surface area contributed by atoms with Crippen LogP contribution in [0.1, 0.15) is 20.7 Å². The average molecular weight is 442 g/mol. The molecule has 0 aliphatic rings. The number of primary amides is 1. The summed E-state index contributed by atoms with van der Waals surface area (Å²) in [5.74, 6) is -0.442. The Morgan fingerprint density at radius 3 is 1.86 bits per heavy atom. The van der Waals surface area contributed by atoms with Gasteiger partial charge in [0.05, 0.1) is 27.0 Å². The van der Waals surface area contributed by atoms with Crippen molar-refractivity contribution in [3.63, 3.8) is 0 Å². The molecule has 29 heavy (non-hydrogen) atoms. The molecule has 2 aromatic rings. The quantitative estimate of drug-likeness (QED) is 0.592. The Morgan fingerprint density at radius 2 is 1.45 bits per heavy atom. The van der Waals surface area contributed by atoms with E-state index in [1.807, 2.05) is 0 Å². The number of carbonyl (C=O) groups excluding carboxylic acids is 3. The summed E-state index contributed by atoms with van der Waals surface area (Å²) >= 11 is 4.08. The van der Waals surface area contributed by atoms with Crippen LogP contribution < -0.4 is 29.6 Å². The summed E-state index contributed by atoms with van der Waals surface area (Å²) in [5.41, 5.74) is 5.91. The molecule has 0 saturated carbocycles. The van der Waals surface area contributed by atoms with Gasteiger partial charge in [-0.2, -0.15) is 0 Å². The van der Waals surface area contributed by atoms with Gasteiger partial charge < -0.3 is 19.9 Å². The number of benzene rings is 2. The number of amides is 4. The molecule has 0 spiro atoms. The molecule has 9 nitrogen and oxygen atoms in total. The zero-order valence-electron chi connectivity index (χ0n) is 15.8. The van der Waals surface area contributed by atoms with Crippen molar-refractivity contribution in [1.82, 2.24) is 5.32 Å². The minimum Gasteiger partial charge on any atom is -0.493 e. The number of carbonyl (C=O) groups is 3. The van der Waals surface area contributed by atoms with Crippen LogP contribution in [0.25, 0.3) is 0 Å². The third-order valence-corrected chi connectivity index (χ3v) is 4.15. The van der Waals surface area contributed by atoms with Crippen LogP contribution in [-0.4, -0.2) is 39.2 Å². The maximum absolute atomic E-state index is 12.5. The zero-order chi connectivity index (χ0) is 20.8. The molecule has 3 N–H and O–H groups in total. The van der Waals surface area contributed by atoms with Gasteiger partial charge in [0.25, 0.3) is 5.91 Å². The fourth-order valence-electron chi connectivity index (χ4n) is 2.32. The molecule has 4 amide bonds. The van der Waals surface area contributed by atoms with Crippen molar-refractivity contribution in [2.75, 3.05) is 25.6 Å². The highest BCUT2D eigenvalue weighted by Gasteiger charge is 2.20. The molecule has 0 aromatic heterocycles. The largest absolute Gasteiger partial charge is 0.493 e. The van der Waals surface area contributed by atoms with E-state index in [0.29, 0.717) is 11.4 Å². The Labute approximate surface area is 179 Å². The second-order valence-electron chi connectivity index (χ2n) is 5.40. The van der Waals surface area contributed by atoms with Gasteiger partial charge in [-0.15, -0.1) is 12.4 Å². The Hall–Kier alpha value is -3.11. The van der Waals surface area contributed by atoms with E-state index in [9.17, 15) is 14.4 Å². The standard InChI is InChI=1S/C18H19N3O6S.ClH/c1-25-13-8-11(9-14(26-2)15(13)27-3)17(23)20-18(24)21(28)12-6-4-10(5-7-12)16(19)22;/h4-9,28H,1-3H3,(H2,19,22)(H,20,23,24);1H. The number of halogens is 1. The van der Waals surface area contributed by atoms with E-state index < -0.39 is 17.8 Å². The third-order valence-electron chi connectivity index (χ3n) is 3.74. The molecule has 0 bridgehead atoms. The lowest BCUT2D eigenvalue weighted by Gasteiger charge is -2.17. The number of nitrogens with two attached hydrogens (primary N) is 1. The van der Waals surface area contributed by atoms with Crippen molar-refractivity contribution in [3.8, 4) is 17.2 Å². The van der Waals surface area contributed by atoms with Crippen LogP contribution in [0.4, 0.5) is 10.5 Å². The highest BCUT2D eigenvalue weighted by Crippen LogP contribution is 2.38. The number of imide groups is 1. The molecule has 0 unspecified atom stereocenters. The smallest absolute Gasteiger partial charge is 0.338 e. The minimum atomic E-state index is -0.797. The topological polar surface area (TPSA) is 120 Å². The molecule has 2 aromatic carbocycles. The summed E-state index contributed by atoms with van der Waals surface area (Å²) < 4.78 is 16.5. The Balaban J connectivity index is 0.00000420. The predicted molar refractivity (Wildman–Crippen MR) is 113 cm³/mol. The lowest BCUT2D eigenvalue weighted by Crippen LogP contribution is -2.38. The molecule has 0 aliphatic carbocycles. The Bertz CT molecular complexity index is 882. The van der Waals surface area contributed by atoms with Gasteiger partial charge in [-0.3, -0.25) is 14.9 Å². The summed E-state index contributed by atoms with van der Waals surface area (Å²) in [4.78, 5) is 35.9. The van der Waals surface area contributed by atoms with Crippen LogP contribution in [0, 0.1) is 0 Å². The van der Waals surface area contributed by atoms with Gasteiger partial charge in [0.15, 0.2) is 11.5 Å². The van der Waals surface area contributed by atoms with Crippen molar-refractivity contribution in [2.45, 2.75) is 0 Å². The number of methoxy groups -OCH3 is 3. The lowest BCUT2D eigenvalue weighted by molar-refractivity contribution is 0.0963. The number of urea groups is 1. The average Bonchev–Trinajstić information content (AvgIpc) is 2.71. The van der Waals surface area contributed by atoms with Crippen molar-refractivity contribution in [3.05, 3.63) is 47.5 Å². The number of thiol groups is 1. The molecular weight excluding hydrogens is 422 g/mol. The number of anilines is 1. The molecule has 156 valence electrons. The number of nitrogens with zero attached hydrogens (tertiary/aromatic N) is 1. The number of ether oxygens (including phenoxy) is 3. The van der Waals surface area contributed by atoms with Gasteiger partial charge in [-0.25, -0.2) is 9.10 Å². The first-order valence-corrected chi connectivity index (χ1v) is 8.26. The van der Waals surface area contributed by atoms with E-state index in [1.165, 1.54) is 57.7 Å². The van der Waals surface area contributed by atoms with E-state index in [4.69, 9.17) is 19.9 Å². The molecule has 0 fully saturated rings. The fourth-order valence-corrected chi connectivity index (χ4v) is 2.50. The van der Waals surface area contributed by atoms with E-state index in [2.05, 4.69) is 18.1 Å². The Kier molecular flexibility index (Phi) is 8.61. The van der Waals surface area contributed by atoms with Gasteiger partial charge in [-0.05, 0) is 36.4 Å².